The molecule has 0 saturated heterocycles. The second kappa shape index (κ2) is 21.4. The van der Waals surface area contributed by atoms with Crippen molar-refractivity contribution in [3.05, 3.63) is 22.7 Å². The van der Waals surface area contributed by atoms with Crippen LogP contribution in [0.3, 0.4) is 0 Å². The van der Waals surface area contributed by atoms with Crippen LogP contribution in [0.25, 0.3) is 0 Å². The summed E-state index contributed by atoms with van der Waals surface area (Å²) < 4.78 is 26.1. The third kappa shape index (κ3) is 15.5. The smallest absolute Gasteiger partial charge is 0.408 e. The Bertz CT molecular complexity index is 1050. The number of hydrogen-bond acceptors (Lipinski definition) is 10. The number of rotatable bonds is 22. The Hall–Kier alpha value is -3.37. The van der Waals surface area contributed by atoms with Gasteiger partial charge in [0.2, 0.25) is 23.1 Å². The first-order valence-corrected chi connectivity index (χ1v) is 16.3. The van der Waals surface area contributed by atoms with Crippen molar-refractivity contribution in [2.75, 3.05) is 27.4 Å². The van der Waals surface area contributed by atoms with Gasteiger partial charge in [0, 0.05) is 17.6 Å². The van der Waals surface area contributed by atoms with Gasteiger partial charge in [-0.15, -0.1) is 0 Å². The number of amides is 1. The molecule has 1 aliphatic rings. The molecule has 1 unspecified atom stereocenters. The molecule has 1 rings (SSSR count). The molecule has 11 nitrogen and oxygen atoms in total. The van der Waals surface area contributed by atoms with E-state index < -0.39 is 29.7 Å². The van der Waals surface area contributed by atoms with Crippen molar-refractivity contribution in [1.82, 2.24) is 5.32 Å². The molecule has 0 bridgehead atoms. The minimum atomic E-state index is -1.15. The summed E-state index contributed by atoms with van der Waals surface area (Å²) in [5.41, 5.74) is 0.167. The molecular weight excluding hydrogens is 582 g/mol. The van der Waals surface area contributed by atoms with Crippen molar-refractivity contribution in [2.24, 2.45) is 0 Å². The van der Waals surface area contributed by atoms with Crippen LogP contribution in [0.2, 0.25) is 0 Å². The van der Waals surface area contributed by atoms with E-state index in [-0.39, 0.29) is 42.7 Å². The Morgan fingerprint density at radius 2 is 1.31 bits per heavy atom. The first kappa shape index (κ1) is 39.7. The van der Waals surface area contributed by atoms with Crippen molar-refractivity contribution in [3.8, 4) is 0 Å². The molecule has 0 fully saturated rings. The molecule has 0 heterocycles. The van der Waals surface area contributed by atoms with E-state index >= 15 is 0 Å². The quantitative estimate of drug-likeness (QED) is 0.0611. The van der Waals surface area contributed by atoms with E-state index in [9.17, 15) is 24.0 Å². The lowest BCUT2D eigenvalue weighted by atomic mass is 9.89. The largest absolute Gasteiger partial charge is 0.489 e. The third-order valence-corrected chi connectivity index (χ3v) is 7.28. The summed E-state index contributed by atoms with van der Waals surface area (Å²) in [5.74, 6) is -1.74. The monoisotopic (exact) mass is 637 g/mol. The second-order valence-corrected chi connectivity index (χ2v) is 12.3. The van der Waals surface area contributed by atoms with Crippen LogP contribution in [0, 0.1) is 0 Å². The Balaban J connectivity index is 2.33. The highest BCUT2D eigenvalue weighted by molar-refractivity contribution is 6.23. The van der Waals surface area contributed by atoms with Crippen molar-refractivity contribution in [3.63, 3.8) is 0 Å². The highest BCUT2D eigenvalue weighted by atomic mass is 16.6. The number of carbonyl (C=O) groups is 5. The number of nitrogens with one attached hydrogen (secondary N) is 1. The standard InChI is InChI=1S/C34H55NO10/c1-8-9-10-18-21-27(36)44-23-26(35-33(40)45-34(3,4)5)32(39)43-22-19-16-14-12-11-13-15-17-20-25-24(2)28(37)30(41-6)31(42-7)29(25)38/h26H,8-23H2,1-7H3,(H,35,40). The molecule has 0 aliphatic heterocycles. The second-order valence-electron chi connectivity index (χ2n) is 12.3. The molecule has 256 valence electrons. The topological polar surface area (TPSA) is 144 Å². The minimum absolute atomic E-state index is 0.0276. The fraction of sp³-hybridized carbons (Fsp3) is 0.735. The van der Waals surface area contributed by atoms with E-state index in [1.54, 1.807) is 27.7 Å². The molecule has 0 aromatic carbocycles. The number of methoxy groups -OCH3 is 2. The molecule has 0 aromatic heterocycles. The summed E-state index contributed by atoms with van der Waals surface area (Å²) in [7, 11) is 2.71. The van der Waals surface area contributed by atoms with Gasteiger partial charge in [-0.3, -0.25) is 14.4 Å². The summed E-state index contributed by atoms with van der Waals surface area (Å²) in [6.07, 6.45) is 11.1. The molecule has 0 spiro atoms. The Morgan fingerprint density at radius 1 is 0.756 bits per heavy atom. The van der Waals surface area contributed by atoms with Gasteiger partial charge in [0.1, 0.15) is 12.2 Å². The van der Waals surface area contributed by atoms with Crippen molar-refractivity contribution < 1.29 is 47.7 Å². The molecule has 1 atom stereocenters. The lowest BCUT2D eigenvalue weighted by Crippen LogP contribution is -2.47. The molecule has 45 heavy (non-hydrogen) atoms. The van der Waals surface area contributed by atoms with Crippen LogP contribution in [-0.2, 0) is 42.9 Å². The van der Waals surface area contributed by atoms with Crippen LogP contribution >= 0.6 is 0 Å². The van der Waals surface area contributed by atoms with E-state index in [0.717, 1.165) is 64.2 Å². The average molecular weight is 638 g/mol. The average Bonchev–Trinajstić information content (AvgIpc) is 2.98. The van der Waals surface area contributed by atoms with Gasteiger partial charge < -0.3 is 29.0 Å². The normalized spacial score (nSPS) is 14.3. The van der Waals surface area contributed by atoms with Crippen LogP contribution in [0.4, 0.5) is 4.79 Å². The van der Waals surface area contributed by atoms with Crippen LogP contribution in [-0.4, -0.2) is 68.7 Å². The van der Waals surface area contributed by atoms with Gasteiger partial charge in [-0.2, -0.15) is 0 Å². The first-order valence-electron chi connectivity index (χ1n) is 16.3. The predicted octanol–water partition coefficient (Wildman–Crippen LogP) is 6.42. The molecule has 11 heteroatoms. The SMILES string of the molecule is CCCCCCC(=O)OCC(NC(=O)OC(C)(C)C)C(=O)OCCCCCCCCCCC1=C(C)C(=O)C(OC)=C(OC)C1=O. The van der Waals surface area contributed by atoms with Gasteiger partial charge in [0.25, 0.3) is 0 Å². The number of hydrogen-bond donors (Lipinski definition) is 1. The maximum atomic E-state index is 12.7. The Morgan fingerprint density at radius 3 is 1.89 bits per heavy atom. The summed E-state index contributed by atoms with van der Waals surface area (Å²) in [6.45, 7) is 8.76. The number of carbonyl (C=O) groups excluding carboxylic acids is 5. The van der Waals surface area contributed by atoms with E-state index in [4.69, 9.17) is 23.7 Å². The zero-order chi connectivity index (χ0) is 33.8. The maximum absolute atomic E-state index is 12.7. The molecule has 1 aliphatic carbocycles. The maximum Gasteiger partial charge on any atom is 0.408 e. The number of ketones is 2. The van der Waals surface area contributed by atoms with Gasteiger partial charge in [-0.25, -0.2) is 9.59 Å². The van der Waals surface area contributed by atoms with E-state index in [1.165, 1.54) is 14.2 Å². The molecular formula is C34H55NO10. The van der Waals surface area contributed by atoms with Crippen LogP contribution in [0.5, 0.6) is 0 Å². The molecule has 1 N–H and O–H groups in total. The summed E-state index contributed by atoms with van der Waals surface area (Å²) in [4.78, 5) is 62.2. The van der Waals surface area contributed by atoms with Gasteiger partial charge >= 0.3 is 18.0 Å². The fourth-order valence-electron chi connectivity index (χ4n) is 4.79. The van der Waals surface area contributed by atoms with E-state index in [1.807, 2.05) is 0 Å². The zero-order valence-electron chi connectivity index (χ0n) is 28.5. The number of esters is 2. The fourth-order valence-corrected chi connectivity index (χ4v) is 4.79. The lowest BCUT2D eigenvalue weighted by Gasteiger charge is -2.23. The van der Waals surface area contributed by atoms with E-state index in [0.29, 0.717) is 30.4 Å². The van der Waals surface area contributed by atoms with Gasteiger partial charge in [0.05, 0.1) is 20.8 Å². The minimum Gasteiger partial charge on any atom is -0.489 e. The zero-order valence-corrected chi connectivity index (χ0v) is 28.5. The van der Waals surface area contributed by atoms with Crippen molar-refractivity contribution in [1.29, 1.82) is 0 Å². The molecule has 0 radical (unpaired) electrons. The number of alkyl carbamates (subject to hydrolysis) is 1. The first-order chi connectivity index (χ1) is 21.4. The van der Waals surface area contributed by atoms with Crippen molar-refractivity contribution >= 4 is 29.6 Å². The van der Waals surface area contributed by atoms with Crippen LogP contribution in [0.1, 0.15) is 125 Å². The summed E-state index contributed by atoms with van der Waals surface area (Å²) >= 11 is 0. The lowest BCUT2D eigenvalue weighted by molar-refractivity contribution is -0.152. The number of unbranched alkanes of at least 4 members (excludes halogenated alkanes) is 10. The molecule has 0 aromatic rings. The molecule has 1 amide bonds. The van der Waals surface area contributed by atoms with E-state index in [2.05, 4.69) is 12.2 Å². The Kier molecular flexibility index (Phi) is 18.8. The van der Waals surface area contributed by atoms with Crippen molar-refractivity contribution in [2.45, 2.75) is 136 Å². The highest BCUT2D eigenvalue weighted by Gasteiger charge is 2.34. The third-order valence-electron chi connectivity index (χ3n) is 7.28. The van der Waals surface area contributed by atoms with Crippen LogP contribution in [0.15, 0.2) is 22.7 Å². The number of Topliss-reactive ketones (excluding diaryl/α,β-unsaturated/α-hetero) is 2. The number of ether oxygens (including phenoxy) is 5. The summed E-state index contributed by atoms with van der Waals surface area (Å²) in [5, 5.41) is 2.46. The van der Waals surface area contributed by atoms with Crippen LogP contribution < -0.4 is 5.32 Å². The molecule has 0 saturated carbocycles. The van der Waals surface area contributed by atoms with Gasteiger partial charge in [0.15, 0.2) is 6.04 Å². The Labute approximate surface area is 268 Å². The highest BCUT2D eigenvalue weighted by Crippen LogP contribution is 2.29. The summed E-state index contributed by atoms with van der Waals surface area (Å²) in [6, 6.07) is -1.15. The van der Waals surface area contributed by atoms with Gasteiger partial charge in [-0.05, 0) is 53.4 Å². The number of allylic oxidation sites excluding steroid dienone is 2. The predicted molar refractivity (Wildman–Crippen MR) is 169 cm³/mol. The van der Waals surface area contributed by atoms with Gasteiger partial charge in [-0.1, -0.05) is 64.7 Å².